The molecule has 0 radical (unpaired) electrons. The molecule has 0 heterocycles. The summed E-state index contributed by atoms with van der Waals surface area (Å²) in [6, 6.07) is 15.3. The molecule has 1 aliphatic carbocycles. The summed E-state index contributed by atoms with van der Waals surface area (Å²) in [6.07, 6.45) is 4.92. The minimum atomic E-state index is 0.258. The van der Waals surface area contributed by atoms with Crippen molar-refractivity contribution in [1.29, 1.82) is 0 Å². The molecule has 2 unspecified atom stereocenters. The lowest BCUT2D eigenvalue weighted by molar-refractivity contribution is 0.250. The Labute approximate surface area is 127 Å². The third-order valence-electron chi connectivity index (χ3n) is 5.02. The van der Waals surface area contributed by atoms with Crippen molar-refractivity contribution in [3.05, 3.63) is 48.0 Å². The zero-order valence-electron chi connectivity index (χ0n) is 12.4. The van der Waals surface area contributed by atoms with E-state index in [1.807, 2.05) is 0 Å². The molecule has 2 aromatic rings. The Balaban J connectivity index is 1.79. The molecule has 20 heavy (non-hydrogen) atoms. The van der Waals surface area contributed by atoms with Gasteiger partial charge in [-0.1, -0.05) is 62.7 Å². The van der Waals surface area contributed by atoms with Crippen molar-refractivity contribution in [1.82, 2.24) is 0 Å². The molecule has 0 nitrogen and oxygen atoms in total. The first kappa shape index (κ1) is 13.9. The van der Waals surface area contributed by atoms with Gasteiger partial charge in [-0.3, -0.25) is 0 Å². The Bertz CT molecular complexity index is 599. The van der Waals surface area contributed by atoms with Gasteiger partial charge >= 0.3 is 0 Å². The second-order valence-corrected chi connectivity index (χ2v) is 7.45. The van der Waals surface area contributed by atoms with Gasteiger partial charge in [0.15, 0.2) is 0 Å². The van der Waals surface area contributed by atoms with Gasteiger partial charge < -0.3 is 0 Å². The monoisotopic (exact) mass is 286 g/mol. The lowest BCUT2D eigenvalue weighted by Gasteiger charge is -2.31. The maximum Gasteiger partial charge on any atom is 0.0409 e. The SMILES string of the molecule is CC1(C)CCCC1C(Cl)Cc1ccc2ccccc2c1. The highest BCUT2D eigenvalue weighted by molar-refractivity contribution is 6.21. The molecule has 0 spiro atoms. The van der Waals surface area contributed by atoms with Crippen LogP contribution in [0.4, 0.5) is 0 Å². The molecule has 0 saturated heterocycles. The lowest BCUT2D eigenvalue weighted by atomic mass is 9.78. The maximum atomic E-state index is 6.76. The maximum absolute atomic E-state index is 6.76. The molecular weight excluding hydrogens is 264 g/mol. The van der Waals surface area contributed by atoms with Gasteiger partial charge in [-0.25, -0.2) is 0 Å². The van der Waals surface area contributed by atoms with Gasteiger partial charge in [-0.05, 0) is 46.9 Å². The fourth-order valence-corrected chi connectivity index (χ4v) is 4.40. The summed E-state index contributed by atoms with van der Waals surface area (Å²) in [5.74, 6) is 0.649. The van der Waals surface area contributed by atoms with Gasteiger partial charge in [0.25, 0.3) is 0 Å². The summed E-state index contributed by atoms with van der Waals surface area (Å²) >= 11 is 6.76. The van der Waals surface area contributed by atoms with Crippen molar-refractivity contribution in [2.45, 2.75) is 44.9 Å². The summed E-state index contributed by atoms with van der Waals surface area (Å²) in [6.45, 7) is 4.75. The Hall–Kier alpha value is -1.01. The third kappa shape index (κ3) is 2.72. The fraction of sp³-hybridized carbons (Fsp3) is 0.474. The van der Waals surface area contributed by atoms with E-state index in [4.69, 9.17) is 11.6 Å². The smallest absolute Gasteiger partial charge is 0.0409 e. The molecule has 0 aliphatic heterocycles. The van der Waals surface area contributed by atoms with E-state index in [2.05, 4.69) is 56.3 Å². The Morgan fingerprint density at radius 1 is 1.15 bits per heavy atom. The first-order valence-electron chi connectivity index (χ1n) is 7.68. The van der Waals surface area contributed by atoms with Crippen molar-refractivity contribution >= 4 is 22.4 Å². The zero-order chi connectivity index (χ0) is 14.2. The molecule has 1 heteroatoms. The van der Waals surface area contributed by atoms with E-state index in [0.717, 1.165) is 6.42 Å². The summed E-state index contributed by atoms with van der Waals surface area (Å²) in [7, 11) is 0. The summed E-state index contributed by atoms with van der Waals surface area (Å²) in [4.78, 5) is 0. The summed E-state index contributed by atoms with van der Waals surface area (Å²) < 4.78 is 0. The van der Waals surface area contributed by atoms with Crippen molar-refractivity contribution in [2.24, 2.45) is 11.3 Å². The second-order valence-electron chi connectivity index (χ2n) is 6.89. The van der Waals surface area contributed by atoms with Crippen LogP contribution < -0.4 is 0 Å². The van der Waals surface area contributed by atoms with E-state index in [0.29, 0.717) is 11.3 Å². The average Bonchev–Trinajstić information content (AvgIpc) is 2.78. The largest absolute Gasteiger partial charge is 0.122 e. The number of alkyl halides is 1. The van der Waals surface area contributed by atoms with E-state index < -0.39 is 0 Å². The van der Waals surface area contributed by atoms with E-state index in [9.17, 15) is 0 Å². The topological polar surface area (TPSA) is 0 Å². The predicted molar refractivity (Wildman–Crippen MR) is 88.4 cm³/mol. The Morgan fingerprint density at radius 2 is 1.90 bits per heavy atom. The number of hydrogen-bond donors (Lipinski definition) is 0. The quantitative estimate of drug-likeness (QED) is 0.624. The highest BCUT2D eigenvalue weighted by atomic mass is 35.5. The third-order valence-corrected chi connectivity index (χ3v) is 5.48. The highest BCUT2D eigenvalue weighted by Crippen LogP contribution is 2.46. The normalized spacial score (nSPS) is 23.1. The molecule has 1 saturated carbocycles. The van der Waals surface area contributed by atoms with Crippen LogP contribution in [0.3, 0.4) is 0 Å². The Kier molecular flexibility index (Phi) is 3.77. The standard InChI is InChI=1S/C19H23Cl/c1-19(2)11-5-8-17(19)18(20)13-14-9-10-15-6-3-4-7-16(15)12-14/h3-4,6-7,9-10,12,17-18H,5,8,11,13H2,1-2H3. The minimum Gasteiger partial charge on any atom is -0.122 e. The van der Waals surface area contributed by atoms with Gasteiger partial charge in [-0.15, -0.1) is 11.6 Å². The van der Waals surface area contributed by atoms with Crippen LogP contribution in [0.2, 0.25) is 0 Å². The molecule has 0 bridgehead atoms. The second kappa shape index (κ2) is 5.41. The lowest BCUT2D eigenvalue weighted by Crippen LogP contribution is -2.27. The van der Waals surface area contributed by atoms with Gasteiger partial charge in [-0.2, -0.15) is 0 Å². The van der Waals surface area contributed by atoms with Crippen LogP contribution in [-0.2, 0) is 6.42 Å². The zero-order valence-corrected chi connectivity index (χ0v) is 13.2. The van der Waals surface area contributed by atoms with Crippen molar-refractivity contribution < 1.29 is 0 Å². The van der Waals surface area contributed by atoms with E-state index in [1.54, 1.807) is 0 Å². The molecule has 106 valence electrons. The van der Waals surface area contributed by atoms with Crippen LogP contribution in [0, 0.1) is 11.3 Å². The number of hydrogen-bond acceptors (Lipinski definition) is 0. The Morgan fingerprint density at radius 3 is 2.60 bits per heavy atom. The summed E-state index contributed by atoms with van der Waals surface area (Å²) in [5.41, 5.74) is 1.77. The van der Waals surface area contributed by atoms with Crippen molar-refractivity contribution in [3.63, 3.8) is 0 Å². The molecule has 3 rings (SSSR count). The molecule has 1 fully saturated rings. The molecule has 1 aliphatic rings. The van der Waals surface area contributed by atoms with Crippen LogP contribution in [-0.4, -0.2) is 5.38 Å². The van der Waals surface area contributed by atoms with Gasteiger partial charge in [0, 0.05) is 5.38 Å². The van der Waals surface area contributed by atoms with Gasteiger partial charge in [0.05, 0.1) is 0 Å². The number of fused-ring (bicyclic) bond motifs is 1. The fourth-order valence-electron chi connectivity index (χ4n) is 3.76. The first-order valence-corrected chi connectivity index (χ1v) is 8.12. The molecule has 0 amide bonds. The van der Waals surface area contributed by atoms with E-state index >= 15 is 0 Å². The molecular formula is C19H23Cl. The van der Waals surface area contributed by atoms with E-state index in [1.165, 1.54) is 35.6 Å². The summed E-state index contributed by atoms with van der Waals surface area (Å²) in [5, 5.41) is 2.89. The van der Waals surface area contributed by atoms with Gasteiger partial charge in [0.2, 0.25) is 0 Å². The van der Waals surface area contributed by atoms with Crippen LogP contribution in [0.25, 0.3) is 10.8 Å². The average molecular weight is 287 g/mol. The minimum absolute atomic E-state index is 0.258. The molecule has 2 atom stereocenters. The van der Waals surface area contributed by atoms with Crippen molar-refractivity contribution in [2.75, 3.05) is 0 Å². The molecule has 0 N–H and O–H groups in total. The molecule has 0 aromatic heterocycles. The number of halogens is 1. The van der Waals surface area contributed by atoms with Crippen LogP contribution in [0.1, 0.15) is 38.7 Å². The van der Waals surface area contributed by atoms with E-state index in [-0.39, 0.29) is 5.38 Å². The number of rotatable bonds is 3. The van der Waals surface area contributed by atoms with Crippen LogP contribution >= 0.6 is 11.6 Å². The van der Waals surface area contributed by atoms with Crippen LogP contribution in [0.15, 0.2) is 42.5 Å². The van der Waals surface area contributed by atoms with Crippen molar-refractivity contribution in [3.8, 4) is 0 Å². The van der Waals surface area contributed by atoms with Gasteiger partial charge in [0.1, 0.15) is 0 Å². The molecule has 2 aromatic carbocycles. The number of benzene rings is 2. The predicted octanol–water partition coefficient (Wildman–Crippen LogP) is 5.82. The highest BCUT2D eigenvalue weighted by Gasteiger charge is 2.38. The van der Waals surface area contributed by atoms with Crippen LogP contribution in [0.5, 0.6) is 0 Å². The first-order chi connectivity index (χ1) is 9.56.